The van der Waals surface area contributed by atoms with Crippen molar-refractivity contribution in [2.75, 3.05) is 6.54 Å². The second-order valence-corrected chi connectivity index (χ2v) is 6.01. The van der Waals surface area contributed by atoms with E-state index >= 15 is 0 Å². The molecule has 0 spiro atoms. The Labute approximate surface area is 133 Å². The van der Waals surface area contributed by atoms with Gasteiger partial charge in [-0.1, -0.05) is 29.4 Å². The number of pyridine rings is 1. The van der Waals surface area contributed by atoms with Gasteiger partial charge in [0.25, 0.3) is 0 Å². The summed E-state index contributed by atoms with van der Waals surface area (Å²) in [5.74, 6) is 1.19. The van der Waals surface area contributed by atoms with Gasteiger partial charge in [0.1, 0.15) is 0 Å². The predicted molar refractivity (Wildman–Crippen MR) is 84.6 cm³/mol. The van der Waals surface area contributed by atoms with Crippen LogP contribution >= 0.6 is 0 Å². The van der Waals surface area contributed by atoms with Gasteiger partial charge in [-0.2, -0.15) is 4.98 Å². The van der Waals surface area contributed by atoms with Crippen LogP contribution < -0.4 is 0 Å². The number of hydrogen-bond acceptors (Lipinski definition) is 6. The SMILES string of the molecule is Cc1noc([C@H]2C[C@@H](O)CN2Cc2ccc3ccccc3n2)n1. The highest BCUT2D eigenvalue weighted by Gasteiger charge is 2.35. The Morgan fingerprint density at radius 3 is 2.91 bits per heavy atom. The van der Waals surface area contributed by atoms with E-state index in [-0.39, 0.29) is 12.1 Å². The van der Waals surface area contributed by atoms with Gasteiger partial charge in [0.05, 0.1) is 23.4 Å². The Morgan fingerprint density at radius 1 is 1.22 bits per heavy atom. The summed E-state index contributed by atoms with van der Waals surface area (Å²) in [6.45, 7) is 3.03. The van der Waals surface area contributed by atoms with Crippen molar-refractivity contribution in [3.8, 4) is 0 Å². The third kappa shape index (κ3) is 2.83. The fourth-order valence-corrected chi connectivity index (χ4v) is 3.16. The fraction of sp³-hybridized carbons (Fsp3) is 0.353. The topological polar surface area (TPSA) is 75.3 Å². The Hall–Kier alpha value is -2.31. The summed E-state index contributed by atoms with van der Waals surface area (Å²) in [6.07, 6.45) is 0.225. The highest BCUT2D eigenvalue weighted by molar-refractivity contribution is 5.78. The molecule has 0 aliphatic carbocycles. The van der Waals surface area contributed by atoms with Crippen molar-refractivity contribution in [2.45, 2.75) is 32.0 Å². The van der Waals surface area contributed by atoms with Crippen LogP contribution in [0.5, 0.6) is 0 Å². The van der Waals surface area contributed by atoms with E-state index in [1.807, 2.05) is 24.3 Å². The number of para-hydroxylation sites is 1. The van der Waals surface area contributed by atoms with E-state index in [1.54, 1.807) is 6.92 Å². The zero-order chi connectivity index (χ0) is 15.8. The second-order valence-electron chi connectivity index (χ2n) is 6.01. The minimum absolute atomic E-state index is 0.0560. The van der Waals surface area contributed by atoms with Crippen molar-refractivity contribution in [3.63, 3.8) is 0 Å². The van der Waals surface area contributed by atoms with E-state index in [0.29, 0.717) is 31.2 Å². The van der Waals surface area contributed by atoms with Crippen molar-refractivity contribution in [2.24, 2.45) is 0 Å². The molecule has 3 heterocycles. The van der Waals surface area contributed by atoms with Crippen molar-refractivity contribution in [1.29, 1.82) is 0 Å². The van der Waals surface area contributed by atoms with E-state index in [9.17, 15) is 5.11 Å². The fourth-order valence-electron chi connectivity index (χ4n) is 3.16. The Kier molecular flexibility index (Phi) is 3.55. The molecule has 1 N–H and O–H groups in total. The number of aromatic nitrogens is 3. The number of β-amino-alcohol motifs (C(OH)–C–C–N with tert-alkyl or cyclic N) is 1. The van der Waals surface area contributed by atoms with Gasteiger partial charge < -0.3 is 9.63 Å². The molecule has 0 saturated carbocycles. The third-order valence-electron chi connectivity index (χ3n) is 4.23. The van der Waals surface area contributed by atoms with E-state index in [0.717, 1.165) is 16.6 Å². The standard InChI is InChI=1S/C17H18N4O2/c1-11-18-17(23-20-11)16-8-14(22)10-21(16)9-13-7-6-12-4-2-3-5-15(12)19-13/h2-7,14,16,22H,8-10H2,1H3/t14-,16-/m1/s1. The molecule has 0 radical (unpaired) electrons. The highest BCUT2D eigenvalue weighted by Crippen LogP contribution is 2.32. The number of rotatable bonds is 3. The summed E-state index contributed by atoms with van der Waals surface area (Å²) in [5.41, 5.74) is 1.95. The lowest BCUT2D eigenvalue weighted by atomic mass is 10.2. The predicted octanol–water partition coefficient (Wildman–Crippen LogP) is 2.23. The number of fused-ring (bicyclic) bond motifs is 1. The summed E-state index contributed by atoms with van der Waals surface area (Å²) >= 11 is 0. The molecule has 1 fully saturated rings. The Balaban J connectivity index is 1.60. The smallest absolute Gasteiger partial charge is 0.244 e. The van der Waals surface area contributed by atoms with E-state index < -0.39 is 0 Å². The van der Waals surface area contributed by atoms with Gasteiger partial charge in [0.15, 0.2) is 5.82 Å². The van der Waals surface area contributed by atoms with Crippen LogP contribution in [-0.4, -0.2) is 37.8 Å². The molecular formula is C17H18N4O2. The van der Waals surface area contributed by atoms with Crippen molar-refractivity contribution < 1.29 is 9.63 Å². The maximum Gasteiger partial charge on any atom is 0.244 e. The van der Waals surface area contributed by atoms with E-state index in [4.69, 9.17) is 9.51 Å². The lowest BCUT2D eigenvalue weighted by molar-refractivity contribution is 0.168. The molecule has 0 amide bonds. The van der Waals surface area contributed by atoms with Crippen LogP contribution in [0.4, 0.5) is 0 Å². The molecule has 1 saturated heterocycles. The largest absolute Gasteiger partial charge is 0.392 e. The van der Waals surface area contributed by atoms with Crippen LogP contribution in [0.25, 0.3) is 10.9 Å². The minimum atomic E-state index is -0.382. The summed E-state index contributed by atoms with van der Waals surface area (Å²) in [6, 6.07) is 12.1. The highest BCUT2D eigenvalue weighted by atomic mass is 16.5. The van der Waals surface area contributed by atoms with Crippen LogP contribution in [0.3, 0.4) is 0 Å². The molecule has 2 aromatic heterocycles. The molecule has 6 heteroatoms. The maximum absolute atomic E-state index is 10.0. The first kappa shape index (κ1) is 14.3. The quantitative estimate of drug-likeness (QED) is 0.799. The lowest BCUT2D eigenvalue weighted by Crippen LogP contribution is -2.25. The van der Waals surface area contributed by atoms with E-state index in [1.165, 1.54) is 0 Å². The first-order valence-electron chi connectivity index (χ1n) is 7.76. The molecule has 0 bridgehead atoms. The number of hydrogen-bond donors (Lipinski definition) is 1. The maximum atomic E-state index is 10.0. The van der Waals surface area contributed by atoms with Crippen molar-refractivity contribution in [3.05, 3.63) is 53.8 Å². The first-order valence-corrected chi connectivity index (χ1v) is 7.76. The zero-order valence-corrected chi connectivity index (χ0v) is 12.9. The van der Waals surface area contributed by atoms with Gasteiger partial charge in [-0.25, -0.2) is 0 Å². The van der Waals surface area contributed by atoms with Crippen LogP contribution in [0.15, 0.2) is 40.9 Å². The number of aryl methyl sites for hydroxylation is 1. The molecule has 23 heavy (non-hydrogen) atoms. The van der Waals surface area contributed by atoms with Crippen LogP contribution in [0.1, 0.15) is 29.9 Å². The number of aliphatic hydroxyl groups excluding tert-OH is 1. The Morgan fingerprint density at radius 2 is 2.09 bits per heavy atom. The first-order chi connectivity index (χ1) is 11.2. The summed E-state index contributed by atoms with van der Waals surface area (Å²) in [5, 5.41) is 15.0. The van der Waals surface area contributed by atoms with Gasteiger partial charge in [-0.3, -0.25) is 9.88 Å². The lowest BCUT2D eigenvalue weighted by Gasteiger charge is -2.20. The monoisotopic (exact) mass is 310 g/mol. The van der Waals surface area contributed by atoms with Gasteiger partial charge >= 0.3 is 0 Å². The summed E-state index contributed by atoms with van der Waals surface area (Å²) < 4.78 is 5.30. The second kappa shape index (κ2) is 5.72. The average Bonchev–Trinajstić information content (AvgIpc) is 3.13. The summed E-state index contributed by atoms with van der Waals surface area (Å²) in [7, 11) is 0. The zero-order valence-electron chi connectivity index (χ0n) is 12.9. The molecule has 4 rings (SSSR count). The van der Waals surface area contributed by atoms with Crippen molar-refractivity contribution >= 4 is 10.9 Å². The summed E-state index contributed by atoms with van der Waals surface area (Å²) in [4.78, 5) is 11.2. The molecule has 3 aromatic rings. The number of benzene rings is 1. The van der Waals surface area contributed by atoms with E-state index in [2.05, 4.69) is 27.2 Å². The molecule has 2 atom stereocenters. The van der Waals surface area contributed by atoms with Crippen LogP contribution in [0.2, 0.25) is 0 Å². The van der Waals surface area contributed by atoms with Crippen LogP contribution in [0, 0.1) is 6.92 Å². The third-order valence-corrected chi connectivity index (χ3v) is 4.23. The molecular weight excluding hydrogens is 292 g/mol. The molecule has 118 valence electrons. The molecule has 1 aliphatic rings. The average molecular weight is 310 g/mol. The molecule has 6 nitrogen and oxygen atoms in total. The van der Waals surface area contributed by atoms with Crippen LogP contribution in [-0.2, 0) is 6.54 Å². The Bertz CT molecular complexity index is 832. The normalized spacial score (nSPS) is 22.0. The van der Waals surface area contributed by atoms with Gasteiger partial charge in [-0.05, 0) is 25.5 Å². The molecule has 1 aromatic carbocycles. The van der Waals surface area contributed by atoms with Gasteiger partial charge in [0.2, 0.25) is 5.89 Å². The number of aliphatic hydroxyl groups is 1. The minimum Gasteiger partial charge on any atom is -0.392 e. The van der Waals surface area contributed by atoms with Gasteiger partial charge in [0, 0.05) is 18.5 Å². The number of likely N-dealkylation sites (tertiary alicyclic amines) is 1. The van der Waals surface area contributed by atoms with Gasteiger partial charge in [-0.15, -0.1) is 0 Å². The van der Waals surface area contributed by atoms with Crippen molar-refractivity contribution in [1.82, 2.24) is 20.0 Å². The molecule has 1 aliphatic heterocycles. The number of nitrogens with zero attached hydrogens (tertiary/aromatic N) is 4. The molecule has 0 unspecified atom stereocenters.